The van der Waals surface area contributed by atoms with Gasteiger partial charge in [-0.1, -0.05) is 32.6 Å². The number of allylic oxidation sites excluding steroid dienone is 4. The first-order valence-electron chi connectivity index (χ1n) is 3.84. The van der Waals surface area contributed by atoms with Crippen molar-refractivity contribution < 1.29 is 0 Å². The molecule has 11 heavy (non-hydrogen) atoms. The van der Waals surface area contributed by atoms with Gasteiger partial charge in [-0.3, -0.25) is 4.99 Å². The monoisotopic (exact) mass is 151 g/mol. The van der Waals surface area contributed by atoms with Gasteiger partial charge in [0.2, 0.25) is 0 Å². The molecule has 0 aliphatic rings. The smallest absolute Gasteiger partial charge is 0.0267 e. The minimum Gasteiger partial charge on any atom is -0.265 e. The highest BCUT2D eigenvalue weighted by Gasteiger charge is 1.57. The molecule has 0 aromatic rings. The first-order chi connectivity index (χ1) is 5.41. The van der Waals surface area contributed by atoms with Gasteiger partial charge in [-0.25, -0.2) is 0 Å². The van der Waals surface area contributed by atoms with Gasteiger partial charge in [0.1, 0.15) is 0 Å². The van der Waals surface area contributed by atoms with E-state index in [9.17, 15) is 0 Å². The fourth-order valence-electron chi connectivity index (χ4n) is 0.296. The molecule has 0 atom stereocenters. The van der Waals surface area contributed by atoms with Crippen molar-refractivity contribution in [3.8, 4) is 0 Å². The Kier molecular flexibility index (Phi) is 18.2. The van der Waals surface area contributed by atoms with E-state index in [1.54, 1.807) is 24.6 Å². The van der Waals surface area contributed by atoms with Gasteiger partial charge in [-0.2, -0.15) is 0 Å². The number of hydrogen-bond acceptors (Lipinski definition) is 1. The Hall–Kier alpha value is -1.11. The van der Waals surface area contributed by atoms with Gasteiger partial charge < -0.3 is 0 Å². The zero-order chi connectivity index (χ0) is 8.95. The highest BCUT2D eigenvalue weighted by molar-refractivity contribution is 5.71. The van der Waals surface area contributed by atoms with Crippen LogP contribution >= 0.6 is 0 Å². The second-order valence-electron chi connectivity index (χ2n) is 1.40. The van der Waals surface area contributed by atoms with Crippen molar-refractivity contribution in [2.24, 2.45) is 4.99 Å². The summed E-state index contributed by atoms with van der Waals surface area (Å²) >= 11 is 0. The van der Waals surface area contributed by atoms with Crippen LogP contribution < -0.4 is 0 Å². The van der Waals surface area contributed by atoms with E-state index in [1.165, 1.54) is 0 Å². The second kappa shape index (κ2) is 16.0. The molecule has 0 aliphatic heterocycles. The van der Waals surface area contributed by atoms with Gasteiger partial charge in [0.05, 0.1) is 0 Å². The van der Waals surface area contributed by atoms with E-state index in [1.807, 2.05) is 32.9 Å². The number of hydrogen-bond donors (Lipinski definition) is 0. The van der Waals surface area contributed by atoms with E-state index in [0.29, 0.717) is 0 Å². The van der Waals surface area contributed by atoms with E-state index in [0.717, 1.165) is 0 Å². The van der Waals surface area contributed by atoms with Gasteiger partial charge in [-0.15, -0.1) is 0 Å². The Morgan fingerprint density at radius 2 is 1.82 bits per heavy atom. The maximum Gasteiger partial charge on any atom is 0.0267 e. The fraction of sp³-hybridized carbons (Fsp3) is 0.300. The van der Waals surface area contributed by atoms with Gasteiger partial charge >= 0.3 is 0 Å². The third kappa shape index (κ3) is 17.6. The van der Waals surface area contributed by atoms with E-state index < -0.39 is 0 Å². The zero-order valence-electron chi connectivity index (χ0n) is 7.62. The summed E-state index contributed by atoms with van der Waals surface area (Å²) in [6.45, 7) is 9.45. The summed E-state index contributed by atoms with van der Waals surface area (Å²) < 4.78 is 0. The second-order valence-corrected chi connectivity index (χ2v) is 1.40. The van der Waals surface area contributed by atoms with E-state index >= 15 is 0 Å². The molecule has 0 spiro atoms. The van der Waals surface area contributed by atoms with Crippen LogP contribution in [0, 0.1) is 0 Å². The van der Waals surface area contributed by atoms with Crippen LogP contribution in [0.15, 0.2) is 42.1 Å². The average molecular weight is 151 g/mol. The quantitative estimate of drug-likeness (QED) is 0.433. The van der Waals surface area contributed by atoms with Crippen LogP contribution in [-0.4, -0.2) is 6.21 Å². The highest BCUT2D eigenvalue weighted by atomic mass is 14.6. The molecule has 1 heteroatoms. The maximum atomic E-state index is 3.89. The minimum absolute atomic E-state index is 1.69. The van der Waals surface area contributed by atoms with E-state index in [2.05, 4.69) is 11.6 Å². The van der Waals surface area contributed by atoms with Gasteiger partial charge in [0.25, 0.3) is 0 Å². The Balaban J connectivity index is 0. The lowest BCUT2D eigenvalue weighted by molar-refractivity contribution is 1.50. The summed E-state index contributed by atoms with van der Waals surface area (Å²) in [7, 11) is 0. The number of aliphatic imine (C=N–C) groups is 1. The fourth-order valence-corrected chi connectivity index (χ4v) is 0.296. The lowest BCUT2D eigenvalue weighted by Crippen LogP contribution is -1.57. The van der Waals surface area contributed by atoms with E-state index in [4.69, 9.17) is 0 Å². The summed E-state index contributed by atoms with van der Waals surface area (Å²) in [6, 6.07) is 0. The molecule has 0 aliphatic carbocycles. The standard InChI is InChI=1S/C8H11N.C2H6/c1-3-5-7-9-8-6-4-2;1-2/h3-8H,1H2,2H3;1-2H3/b6-4-,7-5-,9-8-;. The summed E-state index contributed by atoms with van der Waals surface area (Å²) in [5, 5.41) is 0. The topological polar surface area (TPSA) is 12.4 Å². The molecule has 0 aromatic carbocycles. The normalized spacial score (nSPS) is 10.5. The number of nitrogens with zero attached hydrogens (tertiary/aromatic N) is 1. The molecule has 0 radical (unpaired) electrons. The summed E-state index contributed by atoms with van der Waals surface area (Å²) in [6.07, 6.45) is 10.7. The van der Waals surface area contributed by atoms with Crippen molar-refractivity contribution >= 4 is 6.21 Å². The Labute approximate surface area is 69.9 Å². The van der Waals surface area contributed by atoms with Crippen molar-refractivity contribution in [3.63, 3.8) is 0 Å². The van der Waals surface area contributed by atoms with Crippen molar-refractivity contribution in [1.29, 1.82) is 0 Å². The summed E-state index contributed by atoms with van der Waals surface area (Å²) in [4.78, 5) is 3.89. The summed E-state index contributed by atoms with van der Waals surface area (Å²) in [5.74, 6) is 0. The van der Waals surface area contributed by atoms with Crippen molar-refractivity contribution in [2.45, 2.75) is 20.8 Å². The number of rotatable bonds is 3. The molecule has 0 saturated carbocycles. The first-order valence-corrected chi connectivity index (χ1v) is 3.84. The van der Waals surface area contributed by atoms with Crippen molar-refractivity contribution in [3.05, 3.63) is 37.1 Å². The molecule has 1 nitrogen and oxygen atoms in total. The van der Waals surface area contributed by atoms with Crippen LogP contribution in [0.25, 0.3) is 0 Å². The third-order valence-corrected chi connectivity index (χ3v) is 0.673. The Bertz CT molecular complexity index is 141. The molecule has 0 saturated heterocycles. The van der Waals surface area contributed by atoms with Gasteiger partial charge in [-0.05, 0) is 19.1 Å². The predicted octanol–water partition coefficient (Wildman–Crippen LogP) is 3.36. The van der Waals surface area contributed by atoms with Crippen LogP contribution in [-0.2, 0) is 0 Å². The molecule has 0 heterocycles. The Morgan fingerprint density at radius 3 is 2.27 bits per heavy atom. The predicted molar refractivity (Wildman–Crippen MR) is 54.0 cm³/mol. The zero-order valence-corrected chi connectivity index (χ0v) is 7.62. The third-order valence-electron chi connectivity index (χ3n) is 0.673. The first kappa shape index (κ1) is 12.6. The SMILES string of the molecule is C=C\C=C/N=C\C=C/C.CC. The molecule has 0 aromatic heterocycles. The average Bonchev–Trinajstić information content (AvgIpc) is 2.08. The van der Waals surface area contributed by atoms with E-state index in [-0.39, 0.29) is 0 Å². The van der Waals surface area contributed by atoms with Crippen LogP contribution in [0.3, 0.4) is 0 Å². The van der Waals surface area contributed by atoms with Crippen LogP contribution in [0.1, 0.15) is 20.8 Å². The molecule has 0 fully saturated rings. The molecule has 0 amide bonds. The van der Waals surface area contributed by atoms with Crippen molar-refractivity contribution in [2.75, 3.05) is 0 Å². The molecule has 0 N–H and O–H groups in total. The highest BCUT2D eigenvalue weighted by Crippen LogP contribution is 1.74. The molecular formula is C10H17N. The molecule has 0 unspecified atom stereocenters. The minimum atomic E-state index is 1.69. The van der Waals surface area contributed by atoms with Crippen LogP contribution in [0.2, 0.25) is 0 Å². The maximum absolute atomic E-state index is 3.89. The molecule has 0 bridgehead atoms. The van der Waals surface area contributed by atoms with Gasteiger partial charge in [0.15, 0.2) is 0 Å². The van der Waals surface area contributed by atoms with Gasteiger partial charge in [0, 0.05) is 12.4 Å². The van der Waals surface area contributed by atoms with Crippen molar-refractivity contribution in [1.82, 2.24) is 0 Å². The van der Waals surface area contributed by atoms with Crippen LogP contribution in [0.4, 0.5) is 0 Å². The lowest BCUT2D eigenvalue weighted by atomic mass is 10.5. The lowest BCUT2D eigenvalue weighted by Gasteiger charge is -1.70. The largest absolute Gasteiger partial charge is 0.265 e. The molecule has 0 rings (SSSR count). The molecule has 62 valence electrons. The van der Waals surface area contributed by atoms with Crippen LogP contribution in [0.5, 0.6) is 0 Å². The molecular weight excluding hydrogens is 134 g/mol. The Morgan fingerprint density at radius 1 is 1.18 bits per heavy atom. The summed E-state index contributed by atoms with van der Waals surface area (Å²) in [5.41, 5.74) is 0.